The molecule has 2 unspecified atom stereocenters. The van der Waals surface area contributed by atoms with Gasteiger partial charge in [-0.25, -0.2) is 4.79 Å². The molecule has 0 spiro atoms. The molecule has 8 rings (SSSR count). The lowest BCUT2D eigenvalue weighted by Gasteiger charge is -2.47. The molecule has 0 saturated carbocycles. The van der Waals surface area contributed by atoms with Crippen molar-refractivity contribution in [2.75, 3.05) is 69.0 Å². The average Bonchev–Trinajstić information content (AvgIpc) is 3.34. The highest BCUT2D eigenvalue weighted by Crippen LogP contribution is 2.36. The Balaban J connectivity index is 0.000000210. The number of aliphatic hydroxyl groups excluding tert-OH is 1. The van der Waals surface area contributed by atoms with Crippen molar-refractivity contribution in [1.82, 2.24) is 10.2 Å². The van der Waals surface area contributed by atoms with E-state index in [0.717, 1.165) is 73.7 Å². The zero-order valence-corrected chi connectivity index (χ0v) is 42.1. The number of halogens is 4. The summed E-state index contributed by atoms with van der Waals surface area (Å²) < 4.78 is 27.0. The standard InChI is InChI=1S/C31H37ClN2O3.C19H23ClN2O2.C3H4Cl2O2/c1-24-21-33(22-25-7-3-2-4-8-25)23-30(26-10-12-27(32)13-11-26)34(24)28-14-16-29(17-15-28)35-19-20-37-31-9-5-6-18-36-31;1-14-12-21-13-19(15-2-4-16(20)5-3-15)22(14)17-6-8-18(9-7-17)24-11-10-23;1-2(4)7-3(5)6/h2-4,7-8,10-17,24,30-31H,5-6,9,18-23H2,1H3;2-9,14,19,21,23H,10-13H2,1H3;2H,1H3/t24-,30+,31?;14-,19+;/m11./s1. The van der Waals surface area contributed by atoms with E-state index in [-0.39, 0.29) is 25.0 Å². The Bertz CT molecular complexity index is 2200. The molecule has 11 nitrogen and oxygen atoms in total. The van der Waals surface area contributed by atoms with Gasteiger partial charge in [0.25, 0.3) is 0 Å². The van der Waals surface area contributed by atoms with Crippen molar-refractivity contribution in [3.8, 4) is 11.5 Å². The van der Waals surface area contributed by atoms with E-state index in [4.69, 9.17) is 70.5 Å². The summed E-state index contributed by atoms with van der Waals surface area (Å²) in [7, 11) is 0. The number of nitrogens with one attached hydrogen (secondary N) is 1. The molecule has 3 fully saturated rings. The van der Waals surface area contributed by atoms with Crippen molar-refractivity contribution >= 4 is 63.2 Å². The number of hydrogen-bond donors (Lipinski definition) is 2. The number of benzene rings is 5. The molecule has 5 aromatic rings. The molecule has 6 atom stereocenters. The Labute approximate surface area is 422 Å². The van der Waals surface area contributed by atoms with Crippen molar-refractivity contribution in [3.05, 3.63) is 154 Å². The van der Waals surface area contributed by atoms with E-state index < -0.39 is 11.0 Å². The molecule has 0 aliphatic carbocycles. The summed E-state index contributed by atoms with van der Waals surface area (Å²) in [4.78, 5) is 17.3. The van der Waals surface area contributed by atoms with Gasteiger partial charge in [0.1, 0.15) is 24.7 Å². The first-order valence-corrected chi connectivity index (χ1v) is 24.9. The predicted molar refractivity (Wildman–Crippen MR) is 275 cm³/mol. The Morgan fingerprint density at radius 2 is 1.29 bits per heavy atom. The fourth-order valence-corrected chi connectivity index (χ4v) is 9.28. The Morgan fingerprint density at radius 3 is 1.82 bits per heavy atom. The maximum Gasteiger partial charge on any atom is 0.405 e. The molecule has 0 radical (unpaired) electrons. The van der Waals surface area contributed by atoms with Crippen LogP contribution in [-0.4, -0.2) is 98.6 Å². The number of alkyl halides is 1. The molecular weight excluding hydrogens is 946 g/mol. The molecule has 366 valence electrons. The summed E-state index contributed by atoms with van der Waals surface area (Å²) in [5, 5.41) is 13.9. The van der Waals surface area contributed by atoms with Gasteiger partial charge in [-0.2, -0.15) is 0 Å². The SMILES string of the molecule is CC(Cl)OC(=O)Cl.C[C@@H]1CN(Cc2ccccc2)C[C@@H](c2ccc(Cl)cc2)N1c1ccc(OCCOC2CCCCO2)cc1.C[C@@H]1CNC[C@@H](c2ccc(Cl)cc2)N1c1ccc(OCCO)cc1. The quantitative estimate of drug-likeness (QED) is 0.0595. The van der Waals surface area contributed by atoms with Gasteiger partial charge in [-0.3, -0.25) is 4.90 Å². The van der Waals surface area contributed by atoms with E-state index in [1.165, 1.54) is 41.4 Å². The molecule has 68 heavy (non-hydrogen) atoms. The monoisotopic (exact) mass is 1010 g/mol. The van der Waals surface area contributed by atoms with E-state index in [1.54, 1.807) is 0 Å². The van der Waals surface area contributed by atoms with E-state index >= 15 is 0 Å². The number of carbonyl (C=O) groups excluding carboxylic acids is 1. The first-order chi connectivity index (χ1) is 33.0. The third-order valence-electron chi connectivity index (χ3n) is 11.8. The van der Waals surface area contributed by atoms with Gasteiger partial charge in [0.2, 0.25) is 0 Å². The molecule has 0 bridgehead atoms. The summed E-state index contributed by atoms with van der Waals surface area (Å²) in [5.41, 5.74) is 4.73. The fraction of sp³-hybridized carbons (Fsp3) is 0.415. The van der Waals surface area contributed by atoms with Crippen molar-refractivity contribution in [2.45, 2.75) is 82.6 Å². The maximum atomic E-state index is 9.71. The molecule has 2 N–H and O–H groups in total. The largest absolute Gasteiger partial charge is 0.491 e. The lowest BCUT2D eigenvalue weighted by Crippen LogP contribution is -2.53. The molecule has 3 saturated heterocycles. The minimum Gasteiger partial charge on any atom is -0.491 e. The number of anilines is 2. The minimum absolute atomic E-state index is 0.0230. The van der Waals surface area contributed by atoms with Gasteiger partial charge in [-0.05, 0) is 130 Å². The topological polar surface area (TPSA) is 105 Å². The van der Waals surface area contributed by atoms with Gasteiger partial charge in [0, 0.05) is 84.4 Å². The molecule has 0 amide bonds. The zero-order valence-electron chi connectivity index (χ0n) is 39.0. The van der Waals surface area contributed by atoms with Gasteiger partial charge >= 0.3 is 5.43 Å². The van der Waals surface area contributed by atoms with Gasteiger partial charge in [0.15, 0.2) is 11.9 Å². The lowest BCUT2D eigenvalue weighted by molar-refractivity contribution is -0.165. The third-order valence-corrected chi connectivity index (χ3v) is 12.5. The normalized spacial score (nSPS) is 21.0. The molecule has 3 heterocycles. The van der Waals surface area contributed by atoms with Gasteiger partial charge < -0.3 is 43.9 Å². The molecular formula is C53H64Cl4N4O7. The second kappa shape index (κ2) is 27.8. The molecule has 15 heteroatoms. The summed E-state index contributed by atoms with van der Waals surface area (Å²) in [5.74, 6) is 1.63. The maximum absolute atomic E-state index is 9.71. The second-order valence-electron chi connectivity index (χ2n) is 17.0. The number of aliphatic hydroxyl groups is 1. The average molecular weight is 1010 g/mol. The molecule has 3 aliphatic rings. The van der Waals surface area contributed by atoms with Gasteiger partial charge in [-0.15, -0.1) is 0 Å². The van der Waals surface area contributed by atoms with Gasteiger partial charge in [0.05, 0.1) is 25.3 Å². The van der Waals surface area contributed by atoms with Crippen LogP contribution in [0.1, 0.15) is 68.8 Å². The number of piperazine rings is 2. The highest BCUT2D eigenvalue weighted by atomic mass is 35.5. The first-order valence-electron chi connectivity index (χ1n) is 23.3. The Morgan fingerprint density at radius 1 is 0.721 bits per heavy atom. The zero-order chi connectivity index (χ0) is 48.3. The van der Waals surface area contributed by atoms with Crippen LogP contribution in [0.4, 0.5) is 16.2 Å². The number of rotatable bonds is 15. The number of hydrogen-bond acceptors (Lipinski definition) is 11. The van der Waals surface area contributed by atoms with E-state index in [1.807, 2.05) is 36.4 Å². The number of ether oxygens (including phenoxy) is 5. The summed E-state index contributed by atoms with van der Waals surface area (Å²) >= 11 is 22.1. The highest BCUT2D eigenvalue weighted by Gasteiger charge is 2.34. The third kappa shape index (κ3) is 16.7. The summed E-state index contributed by atoms with van der Waals surface area (Å²) in [6, 6.07) is 44.9. The second-order valence-corrected chi connectivity index (χ2v) is 18.8. The fourth-order valence-electron chi connectivity index (χ4n) is 8.76. The van der Waals surface area contributed by atoms with Crippen molar-refractivity contribution < 1.29 is 33.6 Å². The van der Waals surface area contributed by atoms with Crippen LogP contribution in [0.3, 0.4) is 0 Å². The van der Waals surface area contributed by atoms with E-state index in [9.17, 15) is 4.79 Å². The molecule has 0 aromatic heterocycles. The van der Waals surface area contributed by atoms with Crippen LogP contribution >= 0.6 is 46.4 Å². The van der Waals surface area contributed by atoms with Crippen LogP contribution in [0.25, 0.3) is 0 Å². The van der Waals surface area contributed by atoms with E-state index in [0.29, 0.717) is 31.9 Å². The van der Waals surface area contributed by atoms with Crippen molar-refractivity contribution in [1.29, 1.82) is 0 Å². The number of carbonyl (C=O) groups is 1. The minimum atomic E-state index is -0.873. The van der Waals surface area contributed by atoms with Crippen LogP contribution in [0.15, 0.2) is 127 Å². The summed E-state index contributed by atoms with van der Waals surface area (Å²) in [6.07, 6.45) is 3.19. The van der Waals surface area contributed by atoms with Crippen LogP contribution in [-0.2, 0) is 20.8 Å². The first kappa shape index (κ1) is 53.1. The predicted octanol–water partition coefficient (Wildman–Crippen LogP) is 11.9. The van der Waals surface area contributed by atoms with Gasteiger partial charge in [-0.1, -0.05) is 89.4 Å². The summed E-state index contributed by atoms with van der Waals surface area (Å²) in [6.45, 7) is 13.0. The Hall–Kier alpha value is -4.27. The van der Waals surface area contributed by atoms with Crippen LogP contribution in [0.2, 0.25) is 10.0 Å². The highest BCUT2D eigenvalue weighted by molar-refractivity contribution is 6.61. The van der Waals surface area contributed by atoms with E-state index in [2.05, 4.69) is 130 Å². The molecule has 5 aromatic carbocycles. The van der Waals surface area contributed by atoms with Crippen LogP contribution in [0, 0.1) is 0 Å². The van der Waals surface area contributed by atoms with Crippen molar-refractivity contribution in [3.63, 3.8) is 0 Å². The lowest BCUT2D eigenvalue weighted by atomic mass is 9.97. The number of nitrogens with zero attached hydrogens (tertiary/aromatic N) is 3. The molecule has 3 aliphatic heterocycles. The van der Waals surface area contributed by atoms with Crippen molar-refractivity contribution in [2.24, 2.45) is 0 Å². The van der Waals surface area contributed by atoms with Crippen LogP contribution in [0.5, 0.6) is 11.5 Å². The smallest absolute Gasteiger partial charge is 0.405 e. The van der Waals surface area contributed by atoms with Crippen LogP contribution < -0.4 is 24.6 Å². The Kier molecular flexibility index (Phi) is 21.7.